The zero-order valence-corrected chi connectivity index (χ0v) is 13.5. The van der Waals surface area contributed by atoms with Gasteiger partial charge in [-0.15, -0.1) is 6.42 Å². The van der Waals surface area contributed by atoms with Crippen LogP contribution in [0.4, 0.5) is 4.39 Å². The van der Waals surface area contributed by atoms with Gasteiger partial charge in [-0.1, -0.05) is 18.9 Å². The van der Waals surface area contributed by atoms with Gasteiger partial charge >= 0.3 is 0 Å². The number of benzene rings is 1. The van der Waals surface area contributed by atoms with Gasteiger partial charge in [0.15, 0.2) is 11.6 Å². The summed E-state index contributed by atoms with van der Waals surface area (Å²) < 4.78 is 14.2. The van der Waals surface area contributed by atoms with Crippen LogP contribution >= 0.6 is 0 Å². The molecule has 0 aromatic heterocycles. The Morgan fingerprint density at radius 3 is 2.78 bits per heavy atom. The topological polar surface area (TPSA) is 40.5 Å². The van der Waals surface area contributed by atoms with Gasteiger partial charge in [-0.3, -0.25) is 0 Å². The lowest BCUT2D eigenvalue weighted by molar-refractivity contribution is -0.0648. The van der Waals surface area contributed by atoms with Crippen LogP contribution < -0.4 is 0 Å². The number of hydrogen-bond acceptors (Lipinski definition) is 2. The van der Waals surface area contributed by atoms with Crippen molar-refractivity contribution in [1.29, 1.82) is 0 Å². The van der Waals surface area contributed by atoms with Crippen molar-refractivity contribution in [3.8, 4) is 18.1 Å². The first-order chi connectivity index (χ1) is 10.9. The van der Waals surface area contributed by atoms with E-state index in [1.807, 2.05) is 6.07 Å². The van der Waals surface area contributed by atoms with E-state index in [9.17, 15) is 14.6 Å². The zero-order valence-electron chi connectivity index (χ0n) is 13.5. The predicted molar refractivity (Wildman–Crippen MR) is 86.5 cm³/mol. The molecule has 1 aromatic rings. The molecule has 0 unspecified atom stereocenters. The molecule has 4 rings (SSSR count). The number of hydrogen-bond donors (Lipinski definition) is 2. The molecule has 0 heterocycles. The summed E-state index contributed by atoms with van der Waals surface area (Å²) in [5.41, 5.74) is 0.536. The lowest BCUT2D eigenvalue weighted by atomic mass is 9.53. The van der Waals surface area contributed by atoms with Crippen molar-refractivity contribution >= 4 is 0 Å². The molecule has 0 radical (unpaired) electrons. The number of aromatic hydroxyl groups is 1. The predicted octanol–water partition coefficient (Wildman–Crippen LogP) is 3.75. The Morgan fingerprint density at radius 2 is 2.04 bits per heavy atom. The number of fused-ring (bicyclic) bond motifs is 5. The number of phenols is 1. The van der Waals surface area contributed by atoms with Crippen LogP contribution in [0, 0.1) is 35.4 Å². The third kappa shape index (κ3) is 1.79. The highest BCUT2D eigenvalue weighted by Gasteiger charge is 2.61. The van der Waals surface area contributed by atoms with Crippen LogP contribution in [0.2, 0.25) is 0 Å². The normalized spacial score (nSPS) is 41.6. The lowest BCUT2D eigenvalue weighted by Crippen LogP contribution is -2.50. The fourth-order valence-corrected chi connectivity index (χ4v) is 5.87. The summed E-state index contributed by atoms with van der Waals surface area (Å²) in [6.45, 7) is 2.15. The molecule has 0 bridgehead atoms. The smallest absolute Gasteiger partial charge is 0.168 e. The number of halogens is 1. The minimum Gasteiger partial charge on any atom is -0.505 e. The molecule has 2 saturated carbocycles. The van der Waals surface area contributed by atoms with Gasteiger partial charge in [0.1, 0.15) is 5.60 Å². The molecule has 5 atom stereocenters. The van der Waals surface area contributed by atoms with Crippen LogP contribution in [0.15, 0.2) is 12.1 Å². The van der Waals surface area contributed by atoms with Crippen LogP contribution in [0.25, 0.3) is 0 Å². The maximum absolute atomic E-state index is 14.2. The van der Waals surface area contributed by atoms with E-state index in [0.29, 0.717) is 36.2 Å². The van der Waals surface area contributed by atoms with E-state index in [2.05, 4.69) is 12.8 Å². The van der Waals surface area contributed by atoms with E-state index in [1.54, 1.807) is 0 Å². The third-order valence-corrected chi connectivity index (χ3v) is 7.21. The summed E-state index contributed by atoms with van der Waals surface area (Å²) in [5, 5.41) is 20.5. The molecule has 3 heteroatoms. The maximum Gasteiger partial charge on any atom is 0.168 e. The van der Waals surface area contributed by atoms with Crippen molar-refractivity contribution in [2.45, 2.75) is 57.0 Å². The highest BCUT2D eigenvalue weighted by molar-refractivity contribution is 5.42. The summed E-state index contributed by atoms with van der Waals surface area (Å²) in [4.78, 5) is 0. The Hall–Kier alpha value is -1.53. The molecule has 0 amide bonds. The molecule has 0 spiro atoms. The van der Waals surface area contributed by atoms with Gasteiger partial charge in [-0.25, -0.2) is 4.39 Å². The number of aliphatic hydroxyl groups is 1. The van der Waals surface area contributed by atoms with Gasteiger partial charge in [0.25, 0.3) is 0 Å². The fraction of sp³-hybridized carbons (Fsp3) is 0.600. The second-order valence-corrected chi connectivity index (χ2v) is 7.88. The monoisotopic (exact) mass is 314 g/mol. The van der Waals surface area contributed by atoms with Crippen LogP contribution in [-0.4, -0.2) is 15.8 Å². The van der Waals surface area contributed by atoms with Gasteiger partial charge in [0.05, 0.1) is 0 Å². The largest absolute Gasteiger partial charge is 0.505 e. The zero-order chi connectivity index (χ0) is 16.4. The molecule has 0 saturated heterocycles. The van der Waals surface area contributed by atoms with E-state index < -0.39 is 11.4 Å². The summed E-state index contributed by atoms with van der Waals surface area (Å²) in [6, 6.07) is 3.38. The SMILES string of the molecule is C#C[C@]1(O)CC[C@H]2[C@@H]3CCc4c(ccc(O)c4F)[C@H]3CC[C@@]21C. The maximum atomic E-state index is 14.2. The minimum atomic E-state index is -0.997. The summed E-state index contributed by atoms with van der Waals surface area (Å²) in [5.74, 6) is 3.16. The van der Waals surface area contributed by atoms with Gasteiger partial charge < -0.3 is 10.2 Å². The first-order valence-electron chi connectivity index (χ1n) is 8.61. The number of rotatable bonds is 0. The second kappa shape index (κ2) is 4.74. The molecule has 1 aromatic carbocycles. The standard InChI is InChI=1S/C20H23FO2/c1-3-20(23)11-9-16-14-4-5-15-12(6-7-17(22)18(15)21)13(14)8-10-19(16,20)2/h1,6-7,13-14,16,22-23H,4-5,8-11H2,2H3/t13-,14-,16+,19+,20+/m1/s1. The quantitative estimate of drug-likeness (QED) is 0.716. The highest BCUT2D eigenvalue weighted by Crippen LogP contribution is 2.64. The van der Waals surface area contributed by atoms with Gasteiger partial charge in [-0.2, -0.15) is 0 Å². The van der Waals surface area contributed by atoms with Gasteiger partial charge in [0, 0.05) is 5.41 Å². The van der Waals surface area contributed by atoms with Crippen LogP contribution in [0.3, 0.4) is 0 Å². The Labute approximate surface area is 136 Å². The molecule has 23 heavy (non-hydrogen) atoms. The average Bonchev–Trinajstić information content (AvgIpc) is 2.83. The molecular formula is C20H23FO2. The molecule has 3 aliphatic carbocycles. The molecule has 122 valence electrons. The number of phenolic OH excluding ortho intramolecular Hbond substituents is 1. The molecule has 2 fully saturated rings. The Kier molecular flexibility index (Phi) is 3.09. The van der Waals surface area contributed by atoms with Crippen molar-refractivity contribution in [1.82, 2.24) is 0 Å². The third-order valence-electron chi connectivity index (χ3n) is 7.21. The van der Waals surface area contributed by atoms with Crippen molar-refractivity contribution < 1.29 is 14.6 Å². The van der Waals surface area contributed by atoms with E-state index in [0.717, 1.165) is 31.2 Å². The molecule has 2 nitrogen and oxygen atoms in total. The van der Waals surface area contributed by atoms with Gasteiger partial charge in [-0.05, 0) is 73.5 Å². The Bertz CT molecular complexity index is 706. The number of terminal acetylenes is 1. The summed E-state index contributed by atoms with van der Waals surface area (Å²) in [7, 11) is 0. The van der Waals surface area contributed by atoms with Gasteiger partial charge in [0.2, 0.25) is 0 Å². The molecule has 0 aliphatic heterocycles. The minimum absolute atomic E-state index is 0.226. The van der Waals surface area contributed by atoms with E-state index in [4.69, 9.17) is 6.42 Å². The van der Waals surface area contributed by atoms with Crippen molar-refractivity contribution in [2.75, 3.05) is 0 Å². The Balaban J connectivity index is 1.74. The first kappa shape index (κ1) is 15.0. The second-order valence-electron chi connectivity index (χ2n) is 7.88. The van der Waals surface area contributed by atoms with Crippen molar-refractivity contribution in [3.05, 3.63) is 29.1 Å². The molecule has 3 aliphatic rings. The van der Waals surface area contributed by atoms with Crippen molar-refractivity contribution in [2.24, 2.45) is 17.3 Å². The molecular weight excluding hydrogens is 291 g/mol. The van der Waals surface area contributed by atoms with E-state index >= 15 is 0 Å². The van der Waals surface area contributed by atoms with Crippen molar-refractivity contribution in [3.63, 3.8) is 0 Å². The average molecular weight is 314 g/mol. The summed E-state index contributed by atoms with van der Waals surface area (Å²) in [6.07, 6.45) is 10.7. The first-order valence-corrected chi connectivity index (χ1v) is 8.61. The fourth-order valence-electron chi connectivity index (χ4n) is 5.87. The summed E-state index contributed by atoms with van der Waals surface area (Å²) >= 11 is 0. The molecule has 2 N–H and O–H groups in total. The van der Waals surface area contributed by atoms with E-state index in [-0.39, 0.29) is 11.2 Å². The lowest BCUT2D eigenvalue weighted by Gasteiger charge is -2.52. The van der Waals surface area contributed by atoms with E-state index in [1.165, 1.54) is 6.07 Å². The highest BCUT2D eigenvalue weighted by atomic mass is 19.1. The van der Waals surface area contributed by atoms with Crippen LogP contribution in [0.1, 0.15) is 56.1 Å². The van der Waals surface area contributed by atoms with Crippen LogP contribution in [0.5, 0.6) is 5.75 Å². The Morgan fingerprint density at radius 1 is 1.26 bits per heavy atom. The van der Waals surface area contributed by atoms with Crippen LogP contribution in [-0.2, 0) is 6.42 Å².